The molecule has 4 aromatic rings. The number of esters is 3. The second-order valence-electron chi connectivity index (χ2n) is 7.45. The number of Topliss-reactive ketones (excluding diaryl/α,β-unsaturated/α-hetero) is 1. The molecule has 40 heavy (non-hydrogen) atoms. The summed E-state index contributed by atoms with van der Waals surface area (Å²) in [6.07, 6.45) is 3.98. The number of ether oxygens (including phenoxy) is 3. The normalized spacial score (nSPS) is 9.32. The number of benzene rings is 2. The zero-order valence-electron chi connectivity index (χ0n) is 23.8. The number of hydrogen-bond acceptors (Lipinski definition) is 9. The molecule has 2 heterocycles. The quantitative estimate of drug-likeness (QED) is 0.0895. The van der Waals surface area contributed by atoms with Crippen LogP contribution in [0.4, 0.5) is 0 Å². The Morgan fingerprint density at radius 3 is 1.65 bits per heavy atom. The van der Waals surface area contributed by atoms with Crippen LogP contribution in [-0.4, -0.2) is 43.5 Å². The monoisotopic (exact) mass is 546 g/mol. The number of furan rings is 2. The molecular formula is C30H35LiO9. The van der Waals surface area contributed by atoms with E-state index in [4.69, 9.17) is 8.83 Å². The topological polar surface area (TPSA) is 122 Å². The first-order valence-electron chi connectivity index (χ1n) is 12.6. The van der Waals surface area contributed by atoms with Crippen molar-refractivity contribution in [3.63, 3.8) is 0 Å². The Balaban J connectivity index is 0.000000552. The van der Waals surface area contributed by atoms with Crippen LogP contribution in [0, 0.1) is 6.92 Å². The van der Waals surface area contributed by atoms with Crippen LogP contribution in [0.1, 0.15) is 51.1 Å². The van der Waals surface area contributed by atoms with Gasteiger partial charge in [0.25, 0.3) is 0 Å². The van der Waals surface area contributed by atoms with E-state index in [2.05, 4.69) is 28.1 Å². The second kappa shape index (κ2) is 21.1. The second-order valence-corrected chi connectivity index (χ2v) is 7.45. The van der Waals surface area contributed by atoms with E-state index in [1.165, 1.54) is 12.5 Å². The van der Waals surface area contributed by atoms with E-state index in [9.17, 15) is 19.2 Å². The first kappa shape index (κ1) is 36.2. The van der Waals surface area contributed by atoms with Crippen LogP contribution in [0.25, 0.3) is 21.9 Å². The largest absolute Gasteiger partial charge is 1.00 e. The number of carbonyl (C=O) groups is 4. The average molecular weight is 547 g/mol. The molecule has 0 saturated carbocycles. The summed E-state index contributed by atoms with van der Waals surface area (Å²) >= 11 is 0. The number of ketones is 1. The Morgan fingerprint density at radius 2 is 1.18 bits per heavy atom. The summed E-state index contributed by atoms with van der Waals surface area (Å²) < 4.78 is 23.7. The smallest absolute Gasteiger partial charge is 0.464 e. The van der Waals surface area contributed by atoms with Crippen molar-refractivity contribution in [1.29, 1.82) is 0 Å². The van der Waals surface area contributed by atoms with E-state index in [-0.39, 0.29) is 44.4 Å². The van der Waals surface area contributed by atoms with Gasteiger partial charge in [-0.1, -0.05) is 49.7 Å². The van der Waals surface area contributed by atoms with Gasteiger partial charge in [0.05, 0.1) is 26.1 Å². The molecule has 2 aromatic carbocycles. The van der Waals surface area contributed by atoms with Crippen molar-refractivity contribution in [3.05, 3.63) is 79.6 Å². The van der Waals surface area contributed by atoms with Gasteiger partial charge in [0.1, 0.15) is 11.2 Å². The summed E-state index contributed by atoms with van der Waals surface area (Å²) in [6.45, 7) is 11.2. The van der Waals surface area contributed by atoms with E-state index >= 15 is 0 Å². The van der Waals surface area contributed by atoms with Gasteiger partial charge in [-0.2, -0.15) is 6.42 Å². The van der Waals surface area contributed by atoms with E-state index in [1.54, 1.807) is 45.2 Å². The van der Waals surface area contributed by atoms with Gasteiger partial charge in [0.15, 0.2) is 5.76 Å². The molecule has 0 atom stereocenters. The average Bonchev–Trinajstić information content (AvgIpc) is 3.61. The first-order valence-corrected chi connectivity index (χ1v) is 12.6. The number of carbonyl (C=O) groups excluding carboxylic acids is 4. The van der Waals surface area contributed by atoms with Gasteiger partial charge in [-0.25, -0.2) is 14.4 Å². The summed E-state index contributed by atoms with van der Waals surface area (Å²) in [4.78, 5) is 43.6. The Hall–Kier alpha value is -3.80. The zero-order chi connectivity index (χ0) is 29.0. The summed E-state index contributed by atoms with van der Waals surface area (Å²) in [5.41, 5.74) is 1.53. The van der Waals surface area contributed by atoms with Gasteiger partial charge in [-0.3, -0.25) is 4.79 Å². The van der Waals surface area contributed by atoms with Crippen molar-refractivity contribution < 1.29 is 61.1 Å². The van der Waals surface area contributed by atoms with Gasteiger partial charge in [-0.15, -0.1) is 0 Å². The standard InChI is InChI=1S/C12H10O4.C8H6O.C6H10O4.C4H9.Li/c1-2-15-12(14)11(13)10-7-8-5-3-4-6-9(8)16-10;1-2-4-8-7(3-1)5-6-9-8;1-3-9-5(7)6(8)10-4-2;1-3-4-2;/h3-7H,2H2,1H3;1-6H;3-4H2,1-2H3;1,3-4H2,2H3;/q;;;-1;+1. The van der Waals surface area contributed by atoms with Crippen molar-refractivity contribution in [2.75, 3.05) is 19.8 Å². The summed E-state index contributed by atoms with van der Waals surface area (Å²) in [5, 5.41) is 1.95. The minimum absolute atomic E-state index is 0. The van der Waals surface area contributed by atoms with Gasteiger partial charge < -0.3 is 30.0 Å². The van der Waals surface area contributed by atoms with Crippen molar-refractivity contribution in [2.24, 2.45) is 0 Å². The summed E-state index contributed by atoms with van der Waals surface area (Å²) in [6, 6.07) is 18.6. The molecular weight excluding hydrogens is 511 g/mol. The number of hydrogen-bond donors (Lipinski definition) is 0. The Bertz CT molecular complexity index is 1230. The third-order valence-electron chi connectivity index (χ3n) is 4.54. The predicted molar refractivity (Wildman–Crippen MR) is 147 cm³/mol. The minimum Gasteiger partial charge on any atom is -0.464 e. The van der Waals surface area contributed by atoms with Crippen LogP contribution in [0.15, 0.2) is 75.8 Å². The fraction of sp³-hybridized carbons (Fsp3) is 0.300. The molecule has 0 unspecified atom stereocenters. The fourth-order valence-electron chi connectivity index (χ4n) is 2.68. The number of fused-ring (bicyclic) bond motifs is 2. The van der Waals surface area contributed by atoms with Crippen LogP contribution < -0.4 is 18.9 Å². The summed E-state index contributed by atoms with van der Waals surface area (Å²) in [5.74, 6) is -3.48. The molecule has 2 aromatic heterocycles. The van der Waals surface area contributed by atoms with Crippen LogP contribution in [0.5, 0.6) is 0 Å². The van der Waals surface area contributed by atoms with Crippen LogP contribution >= 0.6 is 0 Å². The molecule has 0 radical (unpaired) electrons. The van der Waals surface area contributed by atoms with E-state index in [0.29, 0.717) is 5.58 Å². The van der Waals surface area contributed by atoms with Crippen LogP contribution in [-0.2, 0) is 28.6 Å². The molecule has 0 bridgehead atoms. The predicted octanol–water partition coefficient (Wildman–Crippen LogP) is 3.35. The third-order valence-corrected chi connectivity index (χ3v) is 4.54. The number of para-hydroxylation sites is 2. The zero-order valence-corrected chi connectivity index (χ0v) is 23.8. The van der Waals surface area contributed by atoms with Crippen molar-refractivity contribution in [1.82, 2.24) is 0 Å². The maximum absolute atomic E-state index is 11.5. The number of rotatable bonds is 6. The molecule has 0 aliphatic heterocycles. The molecule has 0 fully saturated rings. The van der Waals surface area contributed by atoms with Crippen LogP contribution in [0.2, 0.25) is 0 Å². The Kier molecular flexibility index (Phi) is 19.1. The van der Waals surface area contributed by atoms with Crippen molar-refractivity contribution in [3.8, 4) is 0 Å². The SMILES string of the molecule is CCOC(=O)C(=O)OCC.CCOC(=O)C(=O)c1cc2ccccc2o1.[CH2-]CCC.[Li+].c1ccc2occc2c1. The minimum atomic E-state index is -0.927. The van der Waals surface area contributed by atoms with Gasteiger partial charge in [-0.05, 0) is 45.0 Å². The maximum atomic E-state index is 11.5. The molecule has 0 aliphatic carbocycles. The summed E-state index contributed by atoms with van der Waals surface area (Å²) in [7, 11) is 0. The number of unbranched alkanes of at least 4 members (excludes halogenated alkanes) is 1. The van der Waals surface area contributed by atoms with Gasteiger partial charge >= 0.3 is 42.6 Å². The van der Waals surface area contributed by atoms with E-state index in [0.717, 1.165) is 22.8 Å². The van der Waals surface area contributed by atoms with Crippen molar-refractivity contribution >= 4 is 45.6 Å². The van der Waals surface area contributed by atoms with E-state index < -0.39 is 23.7 Å². The Labute approximate surface area is 246 Å². The molecule has 0 spiro atoms. The molecule has 0 amide bonds. The maximum Gasteiger partial charge on any atom is 1.00 e. The third kappa shape index (κ3) is 12.8. The Morgan fingerprint density at radius 1 is 0.700 bits per heavy atom. The molecule has 4 rings (SSSR count). The molecule has 9 nitrogen and oxygen atoms in total. The molecule has 210 valence electrons. The van der Waals surface area contributed by atoms with Gasteiger partial charge in [0.2, 0.25) is 0 Å². The molecule has 0 saturated heterocycles. The van der Waals surface area contributed by atoms with Crippen molar-refractivity contribution in [2.45, 2.75) is 40.5 Å². The first-order chi connectivity index (χ1) is 18.8. The molecule has 0 aliphatic rings. The van der Waals surface area contributed by atoms with Crippen LogP contribution in [0.3, 0.4) is 0 Å². The molecule has 10 heteroatoms. The molecule has 0 N–H and O–H groups in total. The van der Waals surface area contributed by atoms with Gasteiger partial charge in [0, 0.05) is 10.8 Å². The van der Waals surface area contributed by atoms with E-state index in [1.807, 2.05) is 36.4 Å². The fourth-order valence-corrected chi connectivity index (χ4v) is 2.68.